The van der Waals surface area contributed by atoms with Gasteiger partial charge in [0.1, 0.15) is 11.7 Å². The average Bonchev–Trinajstić information content (AvgIpc) is 3.22. The Morgan fingerprint density at radius 2 is 1.97 bits per heavy atom. The summed E-state index contributed by atoms with van der Waals surface area (Å²) in [7, 11) is 1.43. The maximum Gasteiger partial charge on any atom is 0.319 e. The number of rotatable bonds is 9. The number of carbonyl (C=O) groups excluding carboxylic acids is 3. The number of urea groups is 1. The Bertz CT molecular complexity index is 973. The third kappa shape index (κ3) is 5.74. The number of ketones is 1. The van der Waals surface area contributed by atoms with Gasteiger partial charge in [-0.05, 0) is 36.8 Å². The van der Waals surface area contributed by atoms with Gasteiger partial charge in [0.2, 0.25) is 5.78 Å². The Balaban J connectivity index is 1.38. The Hall–Kier alpha value is -3.11. The third-order valence-corrected chi connectivity index (χ3v) is 5.71. The zero-order valence-electron chi connectivity index (χ0n) is 17.0. The molecule has 0 radical (unpaired) electrons. The molecule has 9 nitrogen and oxygen atoms in total. The highest BCUT2D eigenvalue weighted by molar-refractivity contribution is 8.04. The minimum atomic E-state index is -1.12. The van der Waals surface area contributed by atoms with Crippen molar-refractivity contribution in [1.29, 1.82) is 0 Å². The molecule has 0 fully saturated rings. The van der Waals surface area contributed by atoms with E-state index in [1.54, 1.807) is 0 Å². The number of benzene rings is 1. The van der Waals surface area contributed by atoms with Gasteiger partial charge in [0.05, 0.1) is 4.91 Å². The van der Waals surface area contributed by atoms with Crippen LogP contribution in [0.4, 0.5) is 10.5 Å². The van der Waals surface area contributed by atoms with Gasteiger partial charge in [-0.2, -0.15) is 0 Å². The Kier molecular flexibility index (Phi) is 7.85. The van der Waals surface area contributed by atoms with Crippen LogP contribution in [0.3, 0.4) is 0 Å². The lowest BCUT2D eigenvalue weighted by Crippen LogP contribution is -2.29. The smallest absolute Gasteiger partial charge is 0.319 e. The highest BCUT2D eigenvalue weighted by atomic mass is 32.2. The van der Waals surface area contributed by atoms with Crippen LogP contribution in [0.1, 0.15) is 52.0 Å². The van der Waals surface area contributed by atoms with Gasteiger partial charge in [0.25, 0.3) is 5.91 Å². The highest BCUT2D eigenvalue weighted by Gasteiger charge is 2.35. The normalized spacial score (nSPS) is 15.1. The number of aliphatic hydroxyl groups excluding tert-OH is 1. The lowest BCUT2D eigenvalue weighted by Gasteiger charge is -2.15. The van der Waals surface area contributed by atoms with E-state index in [2.05, 4.69) is 21.1 Å². The molecule has 0 spiro atoms. The van der Waals surface area contributed by atoms with Gasteiger partial charge in [-0.25, -0.2) is 4.79 Å². The number of nitrogens with zero attached hydrogens (tertiary/aromatic N) is 1. The van der Waals surface area contributed by atoms with Crippen LogP contribution in [0.15, 0.2) is 45.8 Å². The fourth-order valence-electron chi connectivity index (χ4n) is 3.01. The highest BCUT2D eigenvalue weighted by Crippen LogP contribution is 2.35. The average molecular weight is 445 g/mol. The summed E-state index contributed by atoms with van der Waals surface area (Å²) in [4.78, 5) is 36.8. The van der Waals surface area contributed by atoms with Gasteiger partial charge in [-0.15, -0.1) is 11.8 Å². The van der Waals surface area contributed by atoms with Crippen molar-refractivity contribution in [2.45, 2.75) is 25.4 Å². The molecule has 0 saturated heterocycles. The second-order valence-corrected chi connectivity index (χ2v) is 7.95. The van der Waals surface area contributed by atoms with E-state index in [-0.39, 0.29) is 28.8 Å². The number of hydrogen-bond acceptors (Lipinski definition) is 7. The topological polar surface area (TPSA) is 134 Å². The van der Waals surface area contributed by atoms with Crippen molar-refractivity contribution in [2.24, 2.45) is 0 Å². The van der Waals surface area contributed by atoms with Crippen LogP contribution >= 0.6 is 11.8 Å². The number of allylic oxidation sites excluding steroid dienone is 1. The lowest BCUT2D eigenvalue weighted by atomic mass is 9.98. The Morgan fingerprint density at radius 1 is 1.19 bits per heavy atom. The van der Waals surface area contributed by atoms with Crippen LogP contribution in [-0.2, 0) is 0 Å². The van der Waals surface area contributed by atoms with E-state index in [1.807, 2.05) is 30.3 Å². The standard InChI is InChI=1S/C21H24N4O5S/c1-22-20(28)17-16-18(27)15(12-14(26)19(16)30-25-17)31-11-7-3-6-10-23-21(29)24-13-8-4-2-5-9-13/h2,4-5,8-9,12,14,26H,3,6-7,10-11H2,1H3,(H,22,28)(H2,23,24,29). The first-order valence-electron chi connectivity index (χ1n) is 9.90. The number of para-hydroxylation sites is 1. The van der Waals surface area contributed by atoms with Crippen LogP contribution in [0.25, 0.3) is 0 Å². The van der Waals surface area contributed by atoms with E-state index >= 15 is 0 Å². The molecule has 1 unspecified atom stereocenters. The predicted molar refractivity (Wildman–Crippen MR) is 117 cm³/mol. The van der Waals surface area contributed by atoms with Gasteiger partial charge in [-0.3, -0.25) is 9.59 Å². The van der Waals surface area contributed by atoms with Gasteiger partial charge < -0.3 is 25.6 Å². The molecule has 164 valence electrons. The fourth-order valence-corrected chi connectivity index (χ4v) is 4.04. The molecule has 4 N–H and O–H groups in total. The molecular formula is C21H24N4O5S. The van der Waals surface area contributed by atoms with Crippen molar-refractivity contribution in [2.75, 3.05) is 24.7 Å². The third-order valence-electron chi connectivity index (χ3n) is 4.59. The molecule has 1 aromatic heterocycles. The van der Waals surface area contributed by atoms with Crippen LogP contribution < -0.4 is 16.0 Å². The summed E-state index contributed by atoms with van der Waals surface area (Å²) in [6.45, 7) is 0.545. The van der Waals surface area contributed by atoms with Crippen LogP contribution in [0.5, 0.6) is 0 Å². The molecule has 1 aliphatic carbocycles. The summed E-state index contributed by atoms with van der Waals surface area (Å²) in [5.74, 6) is -0.256. The number of nitrogens with one attached hydrogen (secondary N) is 3. The van der Waals surface area contributed by atoms with E-state index in [0.29, 0.717) is 17.2 Å². The van der Waals surface area contributed by atoms with Crippen molar-refractivity contribution in [3.05, 3.63) is 58.3 Å². The summed E-state index contributed by atoms with van der Waals surface area (Å²) in [5, 5.41) is 21.8. The molecule has 0 aliphatic heterocycles. The molecule has 3 amide bonds. The van der Waals surface area contributed by atoms with Crippen molar-refractivity contribution >= 4 is 35.2 Å². The van der Waals surface area contributed by atoms with Gasteiger partial charge in [-0.1, -0.05) is 29.8 Å². The van der Waals surface area contributed by atoms with E-state index in [9.17, 15) is 19.5 Å². The molecule has 0 bridgehead atoms. The second kappa shape index (κ2) is 10.8. The SMILES string of the molecule is CNC(=O)c1noc2c1C(=O)C(SCCCCCNC(=O)Nc1ccccc1)=CC2O. The van der Waals surface area contributed by atoms with Crippen molar-refractivity contribution in [3.63, 3.8) is 0 Å². The molecule has 3 rings (SSSR count). The van der Waals surface area contributed by atoms with Crippen LogP contribution in [0.2, 0.25) is 0 Å². The second-order valence-electron chi connectivity index (χ2n) is 6.81. The largest absolute Gasteiger partial charge is 0.381 e. The van der Waals surface area contributed by atoms with Crippen molar-refractivity contribution < 1.29 is 24.0 Å². The summed E-state index contributed by atoms with van der Waals surface area (Å²) >= 11 is 1.32. The number of hydrogen-bond donors (Lipinski definition) is 4. The number of Topliss-reactive ketones (excluding diaryl/α,β-unsaturated/α-hetero) is 1. The molecule has 10 heteroatoms. The number of aromatic nitrogens is 1. The summed E-state index contributed by atoms with van der Waals surface area (Å²) in [6, 6.07) is 8.96. The molecule has 2 aromatic rings. The number of thioether (sulfide) groups is 1. The first kappa shape index (κ1) is 22.6. The van der Waals surface area contributed by atoms with Gasteiger partial charge >= 0.3 is 6.03 Å². The van der Waals surface area contributed by atoms with E-state index in [4.69, 9.17) is 4.52 Å². The molecule has 31 heavy (non-hydrogen) atoms. The maximum atomic E-state index is 12.7. The first-order chi connectivity index (χ1) is 15.0. The van der Waals surface area contributed by atoms with Crippen molar-refractivity contribution in [1.82, 2.24) is 15.8 Å². The van der Waals surface area contributed by atoms with E-state index in [1.165, 1.54) is 24.9 Å². The molecular weight excluding hydrogens is 420 g/mol. The Labute approximate surface area is 183 Å². The Morgan fingerprint density at radius 3 is 2.71 bits per heavy atom. The summed E-state index contributed by atoms with van der Waals surface area (Å²) in [5.41, 5.74) is 0.637. The molecule has 1 heterocycles. The number of aliphatic hydroxyl groups is 1. The zero-order valence-corrected chi connectivity index (χ0v) is 17.8. The van der Waals surface area contributed by atoms with Gasteiger partial charge in [0, 0.05) is 19.3 Å². The predicted octanol–water partition coefficient (Wildman–Crippen LogP) is 2.87. The number of unbranched alkanes of at least 4 members (excludes halogenated alkanes) is 2. The monoisotopic (exact) mass is 444 g/mol. The van der Waals surface area contributed by atoms with Crippen LogP contribution in [0, 0.1) is 0 Å². The summed E-state index contributed by atoms with van der Waals surface area (Å²) < 4.78 is 4.99. The zero-order chi connectivity index (χ0) is 22.2. The number of anilines is 1. The number of fused-ring (bicyclic) bond motifs is 1. The van der Waals surface area contributed by atoms with E-state index in [0.717, 1.165) is 24.9 Å². The van der Waals surface area contributed by atoms with Crippen LogP contribution in [-0.4, -0.2) is 47.3 Å². The maximum absolute atomic E-state index is 12.7. The minimum Gasteiger partial charge on any atom is -0.381 e. The van der Waals surface area contributed by atoms with Gasteiger partial charge in [0.15, 0.2) is 11.5 Å². The number of amides is 3. The number of carbonyl (C=O) groups is 3. The quantitative estimate of drug-likeness (QED) is 0.437. The lowest BCUT2D eigenvalue weighted by molar-refractivity contribution is 0.0943. The van der Waals surface area contributed by atoms with E-state index < -0.39 is 12.0 Å². The van der Waals surface area contributed by atoms with Crippen molar-refractivity contribution in [3.8, 4) is 0 Å². The first-order valence-corrected chi connectivity index (χ1v) is 10.9. The summed E-state index contributed by atoms with van der Waals surface area (Å²) in [6.07, 6.45) is 2.79. The molecule has 1 aliphatic rings. The molecule has 1 aromatic carbocycles. The molecule has 1 atom stereocenters. The minimum absolute atomic E-state index is 0.00666. The molecule has 0 saturated carbocycles. The fraction of sp³-hybridized carbons (Fsp3) is 0.333.